The van der Waals surface area contributed by atoms with E-state index in [9.17, 15) is 17.6 Å². The summed E-state index contributed by atoms with van der Waals surface area (Å²) in [7, 11) is 0. The normalized spacial score (nSPS) is 16.4. The van der Waals surface area contributed by atoms with Gasteiger partial charge >= 0.3 is 6.18 Å². The SMILES string of the molecule is Cc1ccnc(N2CCc3c([nH]c4cc(F)c(Cl)cc34)C2c2ccc(C(F)(F)F)cc2)n1. The first-order valence-electron chi connectivity index (χ1n) is 9.95. The molecule has 0 amide bonds. The van der Waals surface area contributed by atoms with Gasteiger partial charge in [0.1, 0.15) is 5.82 Å². The maximum Gasteiger partial charge on any atom is 0.416 e. The number of nitrogens with zero attached hydrogens (tertiary/aromatic N) is 3. The number of aromatic amines is 1. The average Bonchev–Trinajstić information content (AvgIpc) is 3.10. The van der Waals surface area contributed by atoms with Crippen LogP contribution in [0.5, 0.6) is 0 Å². The minimum absolute atomic E-state index is 0.0230. The van der Waals surface area contributed by atoms with Crippen molar-refractivity contribution in [2.75, 3.05) is 11.4 Å². The predicted molar refractivity (Wildman–Crippen MR) is 114 cm³/mol. The fourth-order valence-electron chi connectivity index (χ4n) is 4.28. The molecular weight excluding hydrogens is 444 g/mol. The number of hydrogen-bond donors (Lipinski definition) is 1. The van der Waals surface area contributed by atoms with Crippen molar-refractivity contribution in [2.24, 2.45) is 0 Å². The third-order valence-corrected chi connectivity index (χ3v) is 6.05. The second-order valence-corrected chi connectivity index (χ2v) is 8.20. The predicted octanol–water partition coefficient (Wildman–Crippen LogP) is 6.23. The molecule has 9 heteroatoms. The number of anilines is 1. The maximum atomic E-state index is 14.1. The molecular formula is C23H17ClF4N4. The standard InChI is InChI=1S/C23H17ClF4N4/c1-12-6-8-29-22(30-12)32-9-7-15-16-10-17(24)18(25)11-19(16)31-20(15)21(32)13-2-4-14(5-3-13)23(26,27)28/h2-6,8,10-11,21,31H,7,9H2,1H3. The fraction of sp³-hybridized carbons (Fsp3) is 0.217. The minimum atomic E-state index is -4.43. The third kappa shape index (κ3) is 3.48. The van der Waals surface area contributed by atoms with Crippen LogP contribution in [0.15, 0.2) is 48.7 Å². The van der Waals surface area contributed by atoms with E-state index in [0.717, 1.165) is 34.5 Å². The van der Waals surface area contributed by atoms with Crippen LogP contribution in [-0.2, 0) is 12.6 Å². The first-order valence-corrected chi connectivity index (χ1v) is 10.3. The van der Waals surface area contributed by atoms with Crippen LogP contribution in [0.4, 0.5) is 23.5 Å². The number of aryl methyl sites for hydroxylation is 1. The molecule has 1 aliphatic rings. The molecule has 4 nitrogen and oxygen atoms in total. The van der Waals surface area contributed by atoms with E-state index in [1.54, 1.807) is 18.3 Å². The van der Waals surface area contributed by atoms with Crippen LogP contribution >= 0.6 is 11.6 Å². The molecule has 2 aromatic heterocycles. The summed E-state index contributed by atoms with van der Waals surface area (Å²) < 4.78 is 53.4. The summed E-state index contributed by atoms with van der Waals surface area (Å²) in [5, 5.41) is 0.822. The van der Waals surface area contributed by atoms with Gasteiger partial charge in [-0.05, 0) is 54.8 Å². The molecule has 4 aromatic rings. The highest BCUT2D eigenvalue weighted by Crippen LogP contribution is 2.41. The number of nitrogens with one attached hydrogen (secondary N) is 1. The second kappa shape index (κ2) is 7.48. The van der Waals surface area contributed by atoms with E-state index in [4.69, 9.17) is 11.6 Å². The van der Waals surface area contributed by atoms with Gasteiger partial charge < -0.3 is 9.88 Å². The van der Waals surface area contributed by atoms with E-state index in [1.165, 1.54) is 18.2 Å². The number of rotatable bonds is 2. The zero-order valence-electron chi connectivity index (χ0n) is 16.8. The molecule has 5 rings (SSSR count). The Kier molecular flexibility index (Phi) is 4.85. The average molecular weight is 461 g/mol. The maximum absolute atomic E-state index is 14.1. The van der Waals surface area contributed by atoms with Crippen LogP contribution < -0.4 is 4.90 Å². The van der Waals surface area contributed by atoms with Gasteiger partial charge in [-0.3, -0.25) is 0 Å². The number of fused-ring (bicyclic) bond motifs is 3. The summed E-state index contributed by atoms with van der Waals surface area (Å²) in [4.78, 5) is 14.1. The van der Waals surface area contributed by atoms with Crippen LogP contribution in [0.2, 0.25) is 5.02 Å². The number of benzene rings is 2. The lowest BCUT2D eigenvalue weighted by atomic mass is 9.92. The highest BCUT2D eigenvalue weighted by molar-refractivity contribution is 6.31. The first-order chi connectivity index (χ1) is 15.2. The Morgan fingerprint density at radius 1 is 1.12 bits per heavy atom. The lowest BCUT2D eigenvalue weighted by molar-refractivity contribution is -0.137. The minimum Gasteiger partial charge on any atom is -0.356 e. The zero-order chi connectivity index (χ0) is 22.6. The highest BCUT2D eigenvalue weighted by atomic mass is 35.5. The van der Waals surface area contributed by atoms with Gasteiger partial charge in [0.2, 0.25) is 5.95 Å². The van der Waals surface area contributed by atoms with E-state index in [2.05, 4.69) is 15.0 Å². The molecule has 0 aliphatic carbocycles. The summed E-state index contributed by atoms with van der Waals surface area (Å²) in [5.74, 6) is -0.0638. The Balaban J connectivity index is 1.69. The largest absolute Gasteiger partial charge is 0.416 e. The Morgan fingerprint density at radius 3 is 2.56 bits per heavy atom. The van der Waals surface area contributed by atoms with Crippen LogP contribution in [0.3, 0.4) is 0 Å². The fourth-order valence-corrected chi connectivity index (χ4v) is 4.44. The molecule has 0 fully saturated rings. The Labute approximate surface area is 185 Å². The number of alkyl halides is 3. The summed E-state index contributed by atoms with van der Waals surface area (Å²) in [6, 6.07) is 9.29. The molecule has 1 aliphatic heterocycles. The summed E-state index contributed by atoms with van der Waals surface area (Å²) in [5.41, 5.74) is 3.00. The monoisotopic (exact) mass is 460 g/mol. The smallest absolute Gasteiger partial charge is 0.356 e. The summed E-state index contributed by atoms with van der Waals surface area (Å²) >= 11 is 6.02. The van der Waals surface area contributed by atoms with Crippen molar-refractivity contribution in [3.05, 3.63) is 87.6 Å². The van der Waals surface area contributed by atoms with Crippen molar-refractivity contribution in [1.82, 2.24) is 15.0 Å². The molecule has 1 N–H and O–H groups in total. The molecule has 0 bridgehead atoms. The molecule has 2 aromatic carbocycles. The topological polar surface area (TPSA) is 44.8 Å². The van der Waals surface area contributed by atoms with Crippen molar-refractivity contribution in [3.8, 4) is 0 Å². The van der Waals surface area contributed by atoms with E-state index in [1.807, 2.05) is 11.8 Å². The molecule has 32 heavy (non-hydrogen) atoms. The van der Waals surface area contributed by atoms with E-state index in [0.29, 0.717) is 30.0 Å². The Hall–Kier alpha value is -3.13. The summed E-state index contributed by atoms with van der Waals surface area (Å²) in [6.07, 6.45) is -2.16. The highest BCUT2D eigenvalue weighted by Gasteiger charge is 2.35. The van der Waals surface area contributed by atoms with Gasteiger partial charge in [-0.1, -0.05) is 23.7 Å². The van der Waals surface area contributed by atoms with E-state index < -0.39 is 23.6 Å². The van der Waals surface area contributed by atoms with Crippen molar-refractivity contribution in [3.63, 3.8) is 0 Å². The van der Waals surface area contributed by atoms with Gasteiger partial charge in [0, 0.05) is 35.0 Å². The van der Waals surface area contributed by atoms with Crippen LogP contribution in [0.25, 0.3) is 10.9 Å². The molecule has 164 valence electrons. The van der Waals surface area contributed by atoms with Gasteiger partial charge in [-0.2, -0.15) is 13.2 Å². The van der Waals surface area contributed by atoms with Crippen molar-refractivity contribution < 1.29 is 17.6 Å². The van der Waals surface area contributed by atoms with Crippen LogP contribution in [0, 0.1) is 12.7 Å². The van der Waals surface area contributed by atoms with Gasteiger partial charge in [0.15, 0.2) is 0 Å². The Bertz CT molecular complexity index is 1310. The first kappa shape index (κ1) is 20.8. The van der Waals surface area contributed by atoms with Crippen molar-refractivity contribution in [1.29, 1.82) is 0 Å². The Morgan fingerprint density at radius 2 is 1.88 bits per heavy atom. The number of aromatic nitrogens is 3. The number of H-pyrrole nitrogens is 1. The molecule has 0 radical (unpaired) electrons. The molecule has 1 unspecified atom stereocenters. The van der Waals surface area contributed by atoms with Gasteiger partial charge in [-0.25, -0.2) is 14.4 Å². The van der Waals surface area contributed by atoms with Gasteiger partial charge in [0.25, 0.3) is 0 Å². The molecule has 0 saturated heterocycles. The van der Waals surface area contributed by atoms with Gasteiger partial charge in [0.05, 0.1) is 16.6 Å². The summed E-state index contributed by atoms with van der Waals surface area (Å²) in [6.45, 7) is 2.38. The van der Waals surface area contributed by atoms with Gasteiger partial charge in [-0.15, -0.1) is 0 Å². The van der Waals surface area contributed by atoms with Crippen molar-refractivity contribution in [2.45, 2.75) is 25.6 Å². The molecule has 3 heterocycles. The quantitative estimate of drug-likeness (QED) is 0.361. The molecule has 0 saturated carbocycles. The van der Waals surface area contributed by atoms with E-state index >= 15 is 0 Å². The van der Waals surface area contributed by atoms with Crippen LogP contribution in [0.1, 0.15) is 34.1 Å². The van der Waals surface area contributed by atoms with E-state index in [-0.39, 0.29) is 5.02 Å². The lowest BCUT2D eigenvalue weighted by Crippen LogP contribution is -2.37. The van der Waals surface area contributed by atoms with Crippen molar-refractivity contribution >= 4 is 28.5 Å². The molecule has 0 spiro atoms. The second-order valence-electron chi connectivity index (χ2n) is 7.79. The number of hydrogen-bond acceptors (Lipinski definition) is 3. The number of halogens is 5. The zero-order valence-corrected chi connectivity index (χ0v) is 17.6. The lowest BCUT2D eigenvalue weighted by Gasteiger charge is -2.36. The molecule has 1 atom stereocenters. The third-order valence-electron chi connectivity index (χ3n) is 5.76. The van der Waals surface area contributed by atoms with Crippen LogP contribution in [-0.4, -0.2) is 21.5 Å².